The number of hydrogen-bond acceptors (Lipinski definition) is 5. The monoisotopic (exact) mass is 443 g/mol. The van der Waals surface area contributed by atoms with E-state index in [1.807, 2.05) is 18.2 Å². The molecule has 1 fully saturated rings. The number of Topliss-reactive ketones (excluding diaryl/α,β-unsaturated/α-hetero) is 1. The van der Waals surface area contributed by atoms with Crippen LogP contribution in [0.1, 0.15) is 41.8 Å². The second-order valence-electron chi connectivity index (χ2n) is 8.98. The number of aliphatic hydroxyl groups excluding tert-OH is 1. The third kappa shape index (κ3) is 4.80. The SMILES string of the molecule is CC(=O)c1cc2c(OCC(O)CN3CCC(c4ccc5ccccc5c4)CC3)cccc2o1. The van der Waals surface area contributed by atoms with Crippen molar-refractivity contribution in [1.82, 2.24) is 4.90 Å². The highest BCUT2D eigenvalue weighted by Gasteiger charge is 2.23. The lowest BCUT2D eigenvalue weighted by atomic mass is 9.88. The Morgan fingerprint density at radius 2 is 1.85 bits per heavy atom. The van der Waals surface area contributed by atoms with Gasteiger partial charge in [-0.15, -0.1) is 0 Å². The number of carbonyl (C=O) groups is 1. The molecule has 0 radical (unpaired) electrons. The lowest BCUT2D eigenvalue weighted by Crippen LogP contribution is -2.40. The van der Waals surface area contributed by atoms with Crippen LogP contribution in [0.3, 0.4) is 0 Å². The Morgan fingerprint density at radius 3 is 2.64 bits per heavy atom. The lowest BCUT2D eigenvalue weighted by molar-refractivity contribution is 0.0599. The zero-order valence-electron chi connectivity index (χ0n) is 18.9. The van der Waals surface area contributed by atoms with Gasteiger partial charge in [0.2, 0.25) is 0 Å². The molecule has 1 aliphatic rings. The fourth-order valence-corrected chi connectivity index (χ4v) is 4.78. The molecule has 1 atom stereocenters. The Bertz CT molecular complexity index is 1270. The zero-order valence-corrected chi connectivity index (χ0v) is 18.9. The van der Waals surface area contributed by atoms with E-state index in [2.05, 4.69) is 47.4 Å². The zero-order chi connectivity index (χ0) is 22.8. The number of furan rings is 1. The number of hydrogen-bond donors (Lipinski definition) is 1. The normalized spacial score (nSPS) is 16.3. The molecule has 3 aromatic carbocycles. The molecule has 1 unspecified atom stereocenters. The number of ketones is 1. The van der Waals surface area contributed by atoms with Crippen molar-refractivity contribution in [2.24, 2.45) is 0 Å². The van der Waals surface area contributed by atoms with Crippen molar-refractivity contribution in [1.29, 1.82) is 0 Å². The molecule has 170 valence electrons. The van der Waals surface area contributed by atoms with E-state index in [9.17, 15) is 9.90 Å². The fraction of sp³-hybridized carbons (Fsp3) is 0.321. The topological polar surface area (TPSA) is 62.9 Å². The second-order valence-corrected chi connectivity index (χ2v) is 8.98. The molecule has 2 heterocycles. The summed E-state index contributed by atoms with van der Waals surface area (Å²) in [5, 5.41) is 13.9. The summed E-state index contributed by atoms with van der Waals surface area (Å²) >= 11 is 0. The molecule has 0 amide bonds. The van der Waals surface area contributed by atoms with Gasteiger partial charge in [0.05, 0.1) is 5.39 Å². The van der Waals surface area contributed by atoms with Crippen LogP contribution >= 0.6 is 0 Å². The Labute approximate surface area is 193 Å². The van der Waals surface area contributed by atoms with Crippen LogP contribution in [0.2, 0.25) is 0 Å². The number of rotatable bonds is 7. The van der Waals surface area contributed by atoms with Crippen molar-refractivity contribution in [2.75, 3.05) is 26.2 Å². The molecule has 0 spiro atoms. The first-order valence-corrected chi connectivity index (χ1v) is 11.6. The summed E-state index contributed by atoms with van der Waals surface area (Å²) in [5.74, 6) is 1.38. The highest BCUT2D eigenvalue weighted by Crippen LogP contribution is 2.31. The summed E-state index contributed by atoms with van der Waals surface area (Å²) in [6.45, 7) is 4.20. The van der Waals surface area contributed by atoms with Crippen molar-refractivity contribution < 1.29 is 19.1 Å². The van der Waals surface area contributed by atoms with Gasteiger partial charge in [-0.05, 0) is 66.4 Å². The summed E-state index contributed by atoms with van der Waals surface area (Å²) in [4.78, 5) is 13.9. The van der Waals surface area contributed by atoms with Gasteiger partial charge in [0.15, 0.2) is 11.5 Å². The molecular weight excluding hydrogens is 414 g/mol. The van der Waals surface area contributed by atoms with Gasteiger partial charge >= 0.3 is 0 Å². The first kappa shape index (κ1) is 21.7. The van der Waals surface area contributed by atoms with Crippen molar-refractivity contribution in [3.63, 3.8) is 0 Å². The van der Waals surface area contributed by atoms with Gasteiger partial charge in [-0.25, -0.2) is 0 Å². The average Bonchev–Trinajstić information content (AvgIpc) is 3.28. The van der Waals surface area contributed by atoms with Gasteiger partial charge in [0, 0.05) is 13.5 Å². The van der Waals surface area contributed by atoms with Crippen molar-refractivity contribution in [3.05, 3.63) is 78.1 Å². The molecule has 33 heavy (non-hydrogen) atoms. The minimum atomic E-state index is -0.586. The number of benzene rings is 3. The predicted molar refractivity (Wildman–Crippen MR) is 130 cm³/mol. The number of ether oxygens (including phenoxy) is 1. The third-order valence-electron chi connectivity index (χ3n) is 6.60. The smallest absolute Gasteiger partial charge is 0.194 e. The van der Waals surface area contributed by atoms with E-state index in [1.165, 1.54) is 23.3 Å². The van der Waals surface area contributed by atoms with Crippen molar-refractivity contribution in [3.8, 4) is 5.75 Å². The van der Waals surface area contributed by atoms with E-state index in [-0.39, 0.29) is 12.4 Å². The number of likely N-dealkylation sites (tertiary alicyclic amines) is 1. The van der Waals surface area contributed by atoms with E-state index in [0.717, 1.165) is 31.3 Å². The highest BCUT2D eigenvalue weighted by molar-refractivity contribution is 5.97. The van der Waals surface area contributed by atoms with E-state index >= 15 is 0 Å². The molecule has 4 aromatic rings. The first-order chi connectivity index (χ1) is 16.1. The maximum atomic E-state index is 11.6. The molecule has 5 rings (SSSR count). The van der Waals surface area contributed by atoms with Crippen molar-refractivity contribution in [2.45, 2.75) is 31.8 Å². The predicted octanol–water partition coefficient (Wildman–Crippen LogP) is 5.41. The summed E-state index contributed by atoms with van der Waals surface area (Å²) in [6, 6.07) is 22.5. The maximum absolute atomic E-state index is 11.6. The number of fused-ring (bicyclic) bond motifs is 2. The van der Waals surface area contributed by atoms with Crippen molar-refractivity contribution >= 4 is 27.5 Å². The molecule has 1 aliphatic heterocycles. The molecule has 5 nitrogen and oxygen atoms in total. The third-order valence-corrected chi connectivity index (χ3v) is 6.60. The number of piperidine rings is 1. The quantitative estimate of drug-likeness (QED) is 0.387. The van der Waals surface area contributed by atoms with Gasteiger partial charge in [0.25, 0.3) is 0 Å². The first-order valence-electron chi connectivity index (χ1n) is 11.6. The molecule has 0 bridgehead atoms. The molecule has 1 saturated heterocycles. The fourth-order valence-electron chi connectivity index (χ4n) is 4.78. The van der Waals surface area contributed by atoms with E-state index < -0.39 is 6.10 Å². The Kier molecular flexibility index (Phi) is 6.16. The lowest BCUT2D eigenvalue weighted by Gasteiger charge is -2.33. The van der Waals surface area contributed by atoms with Crippen LogP contribution in [-0.2, 0) is 0 Å². The summed E-state index contributed by atoms with van der Waals surface area (Å²) in [7, 11) is 0. The van der Waals surface area contributed by atoms with E-state index in [1.54, 1.807) is 6.07 Å². The molecular formula is C28H29NO4. The number of aliphatic hydroxyl groups is 1. The number of β-amino-alcohol motifs (C(OH)–C–C–N with tert-alkyl or cyclic N) is 1. The minimum Gasteiger partial charge on any atom is -0.490 e. The van der Waals surface area contributed by atoms with Gasteiger partial charge in [0.1, 0.15) is 24.0 Å². The average molecular weight is 444 g/mol. The number of nitrogens with zero attached hydrogens (tertiary/aromatic N) is 1. The molecule has 0 aliphatic carbocycles. The number of carbonyl (C=O) groups excluding carboxylic acids is 1. The summed E-state index contributed by atoms with van der Waals surface area (Å²) in [5.41, 5.74) is 2.03. The van der Waals surface area contributed by atoms with Crippen LogP contribution in [0.15, 0.2) is 71.1 Å². The molecule has 0 saturated carbocycles. The van der Waals surface area contributed by atoms with Crippen LogP contribution in [-0.4, -0.2) is 48.1 Å². The Balaban J connectivity index is 1.14. The standard InChI is InChI=1S/C28H29NO4/c1-19(30)28-16-25-26(7-4-8-27(25)33-28)32-18-24(31)17-29-13-11-21(12-14-29)23-10-9-20-5-2-3-6-22(20)15-23/h2-10,15-16,21,24,31H,11-14,17-18H2,1H3. The van der Waals surface area contributed by atoms with Crippen LogP contribution < -0.4 is 4.74 Å². The Morgan fingerprint density at radius 1 is 1.06 bits per heavy atom. The second kappa shape index (κ2) is 9.38. The van der Waals surface area contributed by atoms with Gasteiger partial charge in [-0.1, -0.05) is 48.5 Å². The summed E-state index contributed by atoms with van der Waals surface area (Å²) in [6.07, 6.45) is 1.60. The Hall–Kier alpha value is -3.15. The molecule has 1 aromatic heterocycles. The van der Waals surface area contributed by atoms with Gasteiger partial charge < -0.3 is 19.2 Å². The van der Waals surface area contributed by atoms with Gasteiger partial charge in [-0.2, -0.15) is 0 Å². The van der Waals surface area contributed by atoms with E-state index in [0.29, 0.717) is 29.6 Å². The molecule has 1 N–H and O–H groups in total. The maximum Gasteiger partial charge on any atom is 0.194 e. The van der Waals surface area contributed by atoms with Crippen LogP contribution in [0.25, 0.3) is 21.7 Å². The van der Waals surface area contributed by atoms with Crippen LogP contribution in [0.5, 0.6) is 5.75 Å². The summed E-state index contributed by atoms with van der Waals surface area (Å²) < 4.78 is 11.5. The van der Waals surface area contributed by atoms with E-state index in [4.69, 9.17) is 9.15 Å². The largest absolute Gasteiger partial charge is 0.490 e. The highest BCUT2D eigenvalue weighted by atomic mass is 16.5. The minimum absolute atomic E-state index is 0.121. The van der Waals surface area contributed by atoms with Gasteiger partial charge in [-0.3, -0.25) is 4.79 Å². The van der Waals surface area contributed by atoms with Crippen LogP contribution in [0.4, 0.5) is 0 Å². The van der Waals surface area contributed by atoms with Crippen LogP contribution in [0, 0.1) is 0 Å². The molecule has 5 heteroatoms.